The molecule has 0 unspecified atom stereocenters. The SMILES string of the molecule is O=C(CSc1nc2ccccc2c(=O)n1-c1ccc(Oc2ccccc2)cc1)Nc1nccs1. The smallest absolute Gasteiger partial charge is 0.266 e. The van der Waals surface area contributed by atoms with Crippen LogP contribution in [0.2, 0.25) is 0 Å². The Morgan fingerprint density at radius 3 is 2.47 bits per heavy atom. The molecule has 168 valence electrons. The monoisotopic (exact) mass is 486 g/mol. The number of thiazole rings is 1. The van der Waals surface area contributed by atoms with Crippen molar-refractivity contribution < 1.29 is 9.53 Å². The van der Waals surface area contributed by atoms with Crippen LogP contribution in [0.3, 0.4) is 0 Å². The highest BCUT2D eigenvalue weighted by atomic mass is 32.2. The third kappa shape index (κ3) is 4.85. The number of carbonyl (C=O) groups excluding carboxylic acids is 1. The summed E-state index contributed by atoms with van der Waals surface area (Å²) in [4.78, 5) is 34.5. The second kappa shape index (κ2) is 9.90. The maximum atomic E-state index is 13.4. The maximum absolute atomic E-state index is 13.4. The highest BCUT2D eigenvalue weighted by Crippen LogP contribution is 2.25. The van der Waals surface area contributed by atoms with Gasteiger partial charge in [0, 0.05) is 11.6 Å². The van der Waals surface area contributed by atoms with Crippen LogP contribution < -0.4 is 15.6 Å². The normalized spacial score (nSPS) is 10.8. The lowest BCUT2D eigenvalue weighted by Gasteiger charge is -2.14. The van der Waals surface area contributed by atoms with E-state index < -0.39 is 0 Å². The van der Waals surface area contributed by atoms with Crippen LogP contribution >= 0.6 is 23.1 Å². The van der Waals surface area contributed by atoms with E-state index in [1.54, 1.807) is 54.0 Å². The number of fused-ring (bicyclic) bond motifs is 1. The number of hydrogen-bond donors (Lipinski definition) is 1. The first-order chi connectivity index (χ1) is 16.7. The van der Waals surface area contributed by atoms with E-state index in [1.165, 1.54) is 27.7 Å². The molecule has 0 aliphatic rings. The van der Waals surface area contributed by atoms with Gasteiger partial charge >= 0.3 is 0 Å². The minimum Gasteiger partial charge on any atom is -0.457 e. The Balaban J connectivity index is 1.45. The Hall–Kier alpha value is -3.95. The van der Waals surface area contributed by atoms with Crippen molar-refractivity contribution in [3.05, 3.63) is 101 Å². The summed E-state index contributed by atoms with van der Waals surface area (Å²) in [6, 6.07) is 23.8. The highest BCUT2D eigenvalue weighted by Gasteiger charge is 2.15. The average molecular weight is 487 g/mol. The molecule has 1 N–H and O–H groups in total. The fraction of sp³-hybridized carbons (Fsp3) is 0.0400. The number of thioether (sulfide) groups is 1. The molecule has 0 bridgehead atoms. The lowest BCUT2D eigenvalue weighted by Crippen LogP contribution is -2.23. The summed E-state index contributed by atoms with van der Waals surface area (Å²) in [7, 11) is 0. The van der Waals surface area contributed by atoms with E-state index in [0.717, 1.165) is 5.75 Å². The summed E-state index contributed by atoms with van der Waals surface area (Å²) < 4.78 is 7.39. The van der Waals surface area contributed by atoms with Crippen molar-refractivity contribution in [3.63, 3.8) is 0 Å². The summed E-state index contributed by atoms with van der Waals surface area (Å²) in [5.41, 5.74) is 1.01. The lowest BCUT2D eigenvalue weighted by molar-refractivity contribution is -0.113. The molecule has 0 atom stereocenters. The van der Waals surface area contributed by atoms with Gasteiger partial charge in [-0.15, -0.1) is 11.3 Å². The molecule has 2 heterocycles. The number of carbonyl (C=O) groups is 1. The summed E-state index contributed by atoms with van der Waals surface area (Å²) in [6.07, 6.45) is 1.63. The molecule has 0 saturated heterocycles. The molecule has 2 aromatic heterocycles. The zero-order chi connectivity index (χ0) is 23.3. The Kier molecular flexibility index (Phi) is 6.37. The number of aromatic nitrogens is 3. The van der Waals surface area contributed by atoms with Crippen molar-refractivity contribution in [3.8, 4) is 17.2 Å². The Morgan fingerprint density at radius 1 is 0.971 bits per heavy atom. The molecule has 0 spiro atoms. The summed E-state index contributed by atoms with van der Waals surface area (Å²) in [5, 5.41) is 6.00. The van der Waals surface area contributed by atoms with Gasteiger partial charge in [-0.3, -0.25) is 14.2 Å². The third-order valence-corrected chi connectivity index (χ3v) is 6.46. The van der Waals surface area contributed by atoms with Gasteiger partial charge in [0.1, 0.15) is 11.5 Å². The molecule has 0 fully saturated rings. The van der Waals surface area contributed by atoms with Gasteiger partial charge in [-0.1, -0.05) is 42.1 Å². The molecule has 0 radical (unpaired) electrons. The number of anilines is 1. The van der Waals surface area contributed by atoms with Gasteiger partial charge in [0.05, 0.1) is 22.3 Å². The second-order valence-electron chi connectivity index (χ2n) is 7.14. The van der Waals surface area contributed by atoms with Crippen molar-refractivity contribution in [2.45, 2.75) is 5.16 Å². The number of nitrogens with zero attached hydrogens (tertiary/aromatic N) is 3. The number of amides is 1. The zero-order valence-corrected chi connectivity index (χ0v) is 19.4. The van der Waals surface area contributed by atoms with Gasteiger partial charge < -0.3 is 10.1 Å². The molecule has 0 aliphatic carbocycles. The van der Waals surface area contributed by atoms with E-state index in [2.05, 4.69) is 15.3 Å². The van der Waals surface area contributed by atoms with Gasteiger partial charge in [-0.05, 0) is 48.5 Å². The highest BCUT2D eigenvalue weighted by molar-refractivity contribution is 7.99. The van der Waals surface area contributed by atoms with Crippen molar-refractivity contribution in [2.75, 3.05) is 11.1 Å². The minimum absolute atomic E-state index is 0.0829. The molecule has 0 aliphatic heterocycles. The Morgan fingerprint density at radius 2 is 1.71 bits per heavy atom. The van der Waals surface area contributed by atoms with E-state index in [4.69, 9.17) is 4.74 Å². The standard InChI is InChI=1S/C25H18N4O3S2/c30-22(28-24-26-14-15-33-24)16-34-25-27-21-9-5-4-8-20(21)23(31)29(25)17-10-12-19(13-11-17)32-18-6-2-1-3-7-18/h1-15H,16H2,(H,26,28,30). The molecular weight excluding hydrogens is 468 g/mol. The quantitative estimate of drug-likeness (QED) is 0.246. The largest absolute Gasteiger partial charge is 0.457 e. The predicted octanol–water partition coefficient (Wildman–Crippen LogP) is 5.37. The first-order valence-corrected chi connectivity index (χ1v) is 12.2. The fourth-order valence-electron chi connectivity index (χ4n) is 3.30. The van der Waals surface area contributed by atoms with E-state index >= 15 is 0 Å². The van der Waals surface area contributed by atoms with Crippen LogP contribution in [0.25, 0.3) is 16.6 Å². The van der Waals surface area contributed by atoms with Gasteiger partial charge in [0.25, 0.3) is 5.56 Å². The Labute approximate surface area is 203 Å². The third-order valence-electron chi connectivity index (χ3n) is 4.83. The molecule has 1 amide bonds. The fourth-order valence-corrected chi connectivity index (χ4v) is 4.65. The van der Waals surface area contributed by atoms with E-state index in [9.17, 15) is 9.59 Å². The molecular formula is C25H18N4O3S2. The van der Waals surface area contributed by atoms with Crippen molar-refractivity contribution in [1.29, 1.82) is 0 Å². The van der Waals surface area contributed by atoms with Crippen LogP contribution in [-0.4, -0.2) is 26.2 Å². The van der Waals surface area contributed by atoms with Gasteiger partial charge in [-0.25, -0.2) is 9.97 Å². The molecule has 3 aromatic carbocycles. The molecule has 5 rings (SSSR count). The van der Waals surface area contributed by atoms with Gasteiger partial charge in [0.15, 0.2) is 10.3 Å². The molecule has 9 heteroatoms. The topological polar surface area (TPSA) is 86.1 Å². The van der Waals surface area contributed by atoms with Crippen LogP contribution in [0.5, 0.6) is 11.5 Å². The van der Waals surface area contributed by atoms with Crippen LogP contribution in [0.1, 0.15) is 0 Å². The number of para-hydroxylation sites is 2. The van der Waals surface area contributed by atoms with Gasteiger partial charge in [-0.2, -0.15) is 0 Å². The number of benzene rings is 3. The van der Waals surface area contributed by atoms with Crippen molar-refractivity contribution >= 4 is 45.0 Å². The predicted molar refractivity (Wildman–Crippen MR) is 135 cm³/mol. The average Bonchev–Trinajstić information content (AvgIpc) is 3.37. The van der Waals surface area contributed by atoms with E-state index in [0.29, 0.717) is 32.6 Å². The summed E-state index contributed by atoms with van der Waals surface area (Å²) in [5.74, 6) is 1.23. The minimum atomic E-state index is -0.222. The second-order valence-corrected chi connectivity index (χ2v) is 8.97. The van der Waals surface area contributed by atoms with Gasteiger partial charge in [0.2, 0.25) is 5.91 Å². The van der Waals surface area contributed by atoms with Crippen LogP contribution in [0, 0.1) is 0 Å². The van der Waals surface area contributed by atoms with Crippen LogP contribution in [-0.2, 0) is 4.79 Å². The molecule has 0 saturated carbocycles. The zero-order valence-electron chi connectivity index (χ0n) is 17.8. The number of rotatable bonds is 7. The Bertz CT molecular complexity index is 1480. The molecule has 7 nitrogen and oxygen atoms in total. The lowest BCUT2D eigenvalue weighted by atomic mass is 10.2. The van der Waals surface area contributed by atoms with Crippen LogP contribution in [0.4, 0.5) is 5.13 Å². The van der Waals surface area contributed by atoms with Crippen molar-refractivity contribution in [2.24, 2.45) is 0 Å². The van der Waals surface area contributed by atoms with Crippen molar-refractivity contribution in [1.82, 2.24) is 14.5 Å². The van der Waals surface area contributed by atoms with Crippen LogP contribution in [0.15, 0.2) is 100 Å². The summed E-state index contributed by atoms with van der Waals surface area (Å²) in [6.45, 7) is 0. The maximum Gasteiger partial charge on any atom is 0.266 e. The molecule has 34 heavy (non-hydrogen) atoms. The number of ether oxygens (including phenoxy) is 1. The number of hydrogen-bond acceptors (Lipinski definition) is 7. The van der Waals surface area contributed by atoms with E-state index in [1.807, 2.05) is 36.4 Å². The number of nitrogens with one attached hydrogen (secondary N) is 1. The first-order valence-electron chi connectivity index (χ1n) is 10.3. The molecule has 5 aromatic rings. The first kappa shape index (κ1) is 21.9. The van der Waals surface area contributed by atoms with E-state index in [-0.39, 0.29) is 17.2 Å². The summed E-state index contributed by atoms with van der Waals surface area (Å²) >= 11 is 2.54.